The molecule has 138 valence electrons. The average Bonchev–Trinajstić information content (AvgIpc) is 2.66. The fourth-order valence-electron chi connectivity index (χ4n) is 3.15. The Morgan fingerprint density at radius 1 is 1.15 bits per heavy atom. The molecule has 1 aliphatic heterocycles. The summed E-state index contributed by atoms with van der Waals surface area (Å²) < 4.78 is 5.76. The lowest BCUT2D eigenvalue weighted by Gasteiger charge is -2.36. The van der Waals surface area contributed by atoms with Gasteiger partial charge in [0.15, 0.2) is 0 Å². The molecular formula is C20H26N4O2. The van der Waals surface area contributed by atoms with Gasteiger partial charge in [-0.25, -0.2) is 4.98 Å². The first-order valence-electron chi connectivity index (χ1n) is 8.97. The molecule has 1 aliphatic rings. The second-order valence-corrected chi connectivity index (χ2v) is 6.77. The molecule has 0 bridgehead atoms. The molecule has 2 atom stereocenters. The number of nitrogens with one attached hydrogen (secondary N) is 1. The van der Waals surface area contributed by atoms with Crippen LogP contribution in [0.3, 0.4) is 0 Å². The number of nitrogens with zero attached hydrogens (tertiary/aromatic N) is 2. The summed E-state index contributed by atoms with van der Waals surface area (Å²) in [5, 5.41) is 2.92. The highest BCUT2D eigenvalue weighted by Gasteiger charge is 2.22. The maximum Gasteiger partial charge on any atom is 0.251 e. The lowest BCUT2D eigenvalue weighted by atomic mass is 10.1. The van der Waals surface area contributed by atoms with Crippen LogP contribution in [0.25, 0.3) is 0 Å². The molecule has 1 fully saturated rings. The predicted molar refractivity (Wildman–Crippen MR) is 102 cm³/mol. The van der Waals surface area contributed by atoms with Crippen LogP contribution in [0, 0.1) is 0 Å². The van der Waals surface area contributed by atoms with Crippen LogP contribution < -0.4 is 16.0 Å². The number of benzene rings is 1. The molecule has 0 aliphatic carbocycles. The number of hydrogen-bond acceptors (Lipinski definition) is 5. The van der Waals surface area contributed by atoms with Gasteiger partial charge in [0.1, 0.15) is 5.82 Å². The van der Waals surface area contributed by atoms with Gasteiger partial charge in [-0.2, -0.15) is 0 Å². The van der Waals surface area contributed by atoms with Crippen molar-refractivity contribution in [2.45, 2.75) is 39.1 Å². The number of hydrogen-bond donors (Lipinski definition) is 2. The molecule has 2 aromatic rings. The van der Waals surface area contributed by atoms with Crippen molar-refractivity contribution < 1.29 is 9.53 Å². The zero-order valence-electron chi connectivity index (χ0n) is 15.3. The molecule has 0 spiro atoms. The molecule has 2 heterocycles. The summed E-state index contributed by atoms with van der Waals surface area (Å²) in [5.74, 6) is 0.841. The van der Waals surface area contributed by atoms with E-state index in [9.17, 15) is 4.79 Å². The maximum atomic E-state index is 12.2. The molecule has 1 saturated heterocycles. The molecule has 1 aromatic heterocycles. The highest BCUT2D eigenvalue weighted by Crippen LogP contribution is 2.18. The third-order valence-electron chi connectivity index (χ3n) is 4.46. The van der Waals surface area contributed by atoms with E-state index in [1.807, 2.05) is 30.5 Å². The minimum Gasteiger partial charge on any atom is -0.372 e. The van der Waals surface area contributed by atoms with Crippen LogP contribution in [0.1, 0.15) is 35.3 Å². The molecule has 1 amide bonds. The van der Waals surface area contributed by atoms with Crippen molar-refractivity contribution >= 4 is 11.7 Å². The highest BCUT2D eigenvalue weighted by atomic mass is 16.5. The number of nitrogens with two attached hydrogens (primary N) is 1. The van der Waals surface area contributed by atoms with Crippen molar-refractivity contribution in [1.29, 1.82) is 0 Å². The highest BCUT2D eigenvalue weighted by molar-refractivity contribution is 5.94. The number of amides is 1. The van der Waals surface area contributed by atoms with Gasteiger partial charge in [-0.3, -0.25) is 4.79 Å². The van der Waals surface area contributed by atoms with E-state index in [1.54, 1.807) is 12.1 Å². The van der Waals surface area contributed by atoms with E-state index in [4.69, 9.17) is 10.5 Å². The minimum atomic E-state index is -0.103. The monoisotopic (exact) mass is 354 g/mol. The molecular weight excluding hydrogens is 328 g/mol. The lowest BCUT2D eigenvalue weighted by Crippen LogP contribution is -2.45. The molecule has 0 saturated carbocycles. The van der Waals surface area contributed by atoms with Gasteiger partial charge in [0.25, 0.3) is 5.91 Å². The Kier molecular flexibility index (Phi) is 5.85. The molecule has 3 N–H and O–H groups in total. The molecule has 6 heteroatoms. The first-order chi connectivity index (χ1) is 12.5. The van der Waals surface area contributed by atoms with Gasteiger partial charge in [-0.05, 0) is 43.2 Å². The summed E-state index contributed by atoms with van der Waals surface area (Å²) in [6, 6.07) is 11.3. The van der Waals surface area contributed by atoms with Crippen LogP contribution in [0.4, 0.5) is 5.82 Å². The Morgan fingerprint density at radius 2 is 1.81 bits per heavy atom. The fourth-order valence-corrected chi connectivity index (χ4v) is 3.15. The first kappa shape index (κ1) is 18.4. The molecule has 0 radical (unpaired) electrons. The zero-order chi connectivity index (χ0) is 18.5. The quantitative estimate of drug-likeness (QED) is 0.859. The van der Waals surface area contributed by atoms with Gasteiger partial charge >= 0.3 is 0 Å². The Hall–Kier alpha value is -2.44. The normalized spacial score (nSPS) is 20.0. The van der Waals surface area contributed by atoms with E-state index in [-0.39, 0.29) is 18.1 Å². The van der Waals surface area contributed by atoms with Crippen molar-refractivity contribution in [3.8, 4) is 0 Å². The van der Waals surface area contributed by atoms with E-state index in [0.717, 1.165) is 30.0 Å². The van der Waals surface area contributed by atoms with Crippen LogP contribution in [-0.4, -0.2) is 36.2 Å². The van der Waals surface area contributed by atoms with Gasteiger partial charge in [0.05, 0.1) is 12.2 Å². The van der Waals surface area contributed by atoms with E-state index in [1.165, 1.54) is 0 Å². The van der Waals surface area contributed by atoms with Gasteiger partial charge in [0, 0.05) is 37.9 Å². The van der Waals surface area contributed by atoms with Gasteiger partial charge < -0.3 is 20.7 Å². The van der Waals surface area contributed by atoms with E-state index in [2.05, 4.69) is 29.0 Å². The number of ether oxygens (including phenoxy) is 1. The third kappa shape index (κ3) is 4.59. The van der Waals surface area contributed by atoms with E-state index in [0.29, 0.717) is 18.7 Å². The Bertz CT molecular complexity index is 720. The topological polar surface area (TPSA) is 80.5 Å². The molecule has 1 aromatic carbocycles. The number of carbonyl (C=O) groups is 1. The Morgan fingerprint density at radius 3 is 2.38 bits per heavy atom. The second kappa shape index (κ2) is 8.29. The number of carbonyl (C=O) groups excluding carboxylic acids is 1. The summed E-state index contributed by atoms with van der Waals surface area (Å²) in [7, 11) is 0. The van der Waals surface area contributed by atoms with E-state index < -0.39 is 0 Å². The van der Waals surface area contributed by atoms with Gasteiger partial charge in [-0.1, -0.05) is 18.2 Å². The van der Waals surface area contributed by atoms with Crippen LogP contribution >= 0.6 is 0 Å². The second-order valence-electron chi connectivity index (χ2n) is 6.77. The van der Waals surface area contributed by atoms with Crippen molar-refractivity contribution in [2.75, 3.05) is 18.0 Å². The van der Waals surface area contributed by atoms with Gasteiger partial charge in [0.2, 0.25) is 0 Å². The molecule has 6 nitrogen and oxygen atoms in total. The summed E-state index contributed by atoms with van der Waals surface area (Å²) >= 11 is 0. The first-order valence-corrected chi connectivity index (χ1v) is 8.97. The average molecular weight is 354 g/mol. The van der Waals surface area contributed by atoms with Crippen molar-refractivity contribution in [1.82, 2.24) is 10.3 Å². The molecule has 26 heavy (non-hydrogen) atoms. The summed E-state index contributed by atoms with van der Waals surface area (Å²) in [6.07, 6.45) is 2.22. The number of aromatic nitrogens is 1. The fraction of sp³-hybridized carbons (Fsp3) is 0.400. The summed E-state index contributed by atoms with van der Waals surface area (Å²) in [5.41, 5.74) is 8.18. The third-order valence-corrected chi connectivity index (χ3v) is 4.46. The standard InChI is InChI=1S/C20H26N4O2/c1-14-12-24(13-15(2)26-14)19-8-5-17(10-22-19)11-23-20(25)18-6-3-16(9-21)4-7-18/h3-8,10,14-15H,9,11-13,21H2,1-2H3,(H,23,25). The van der Waals surface area contributed by atoms with Crippen molar-refractivity contribution in [3.05, 3.63) is 59.3 Å². The van der Waals surface area contributed by atoms with Gasteiger partial charge in [-0.15, -0.1) is 0 Å². The zero-order valence-corrected chi connectivity index (χ0v) is 15.3. The predicted octanol–water partition coefficient (Wildman–Crippen LogP) is 2.08. The largest absolute Gasteiger partial charge is 0.372 e. The lowest BCUT2D eigenvalue weighted by molar-refractivity contribution is -0.00546. The van der Waals surface area contributed by atoms with Crippen LogP contribution in [0.2, 0.25) is 0 Å². The molecule has 3 rings (SSSR count). The summed E-state index contributed by atoms with van der Waals surface area (Å²) in [4.78, 5) is 19.0. The van der Waals surface area contributed by atoms with E-state index >= 15 is 0 Å². The number of rotatable bonds is 5. The molecule has 2 unspecified atom stereocenters. The summed E-state index contributed by atoms with van der Waals surface area (Å²) in [6.45, 7) is 6.75. The maximum absolute atomic E-state index is 12.2. The number of anilines is 1. The SMILES string of the molecule is CC1CN(c2ccc(CNC(=O)c3ccc(CN)cc3)cn2)CC(C)O1. The van der Waals surface area contributed by atoms with Crippen LogP contribution in [0.15, 0.2) is 42.6 Å². The van der Waals surface area contributed by atoms with Crippen molar-refractivity contribution in [2.24, 2.45) is 5.73 Å². The van der Waals surface area contributed by atoms with Crippen molar-refractivity contribution in [3.63, 3.8) is 0 Å². The Labute approximate surface area is 154 Å². The minimum absolute atomic E-state index is 0.103. The smallest absolute Gasteiger partial charge is 0.251 e. The number of morpholine rings is 1. The number of pyridine rings is 1. The Balaban J connectivity index is 1.56. The van der Waals surface area contributed by atoms with Crippen LogP contribution in [0.5, 0.6) is 0 Å². The van der Waals surface area contributed by atoms with Crippen LogP contribution in [-0.2, 0) is 17.8 Å².